The minimum Gasteiger partial charge on any atom is -0.490 e. The van der Waals surface area contributed by atoms with Crippen molar-refractivity contribution >= 4 is 52.2 Å². The number of hydrogen-bond donors (Lipinski definition) is 1. The molecule has 7 nitrogen and oxygen atoms in total. The molecular formula is C29H27ClN2O5S. The topological polar surface area (TPSA) is 84.9 Å². The quantitative estimate of drug-likeness (QED) is 0.288. The highest BCUT2D eigenvalue weighted by molar-refractivity contribution is 8.18. The summed E-state index contributed by atoms with van der Waals surface area (Å²) in [6.45, 7) is 4.20. The lowest BCUT2D eigenvalue weighted by Crippen LogP contribution is -2.36. The van der Waals surface area contributed by atoms with E-state index in [4.69, 9.17) is 21.1 Å². The van der Waals surface area contributed by atoms with Crippen molar-refractivity contribution in [2.45, 2.75) is 26.9 Å². The van der Waals surface area contributed by atoms with E-state index in [1.807, 2.05) is 56.3 Å². The van der Waals surface area contributed by atoms with Crippen molar-refractivity contribution in [3.05, 3.63) is 93.3 Å². The largest absolute Gasteiger partial charge is 0.490 e. The minimum atomic E-state index is -0.546. The van der Waals surface area contributed by atoms with Gasteiger partial charge < -0.3 is 14.8 Å². The van der Waals surface area contributed by atoms with Gasteiger partial charge in [0, 0.05) is 5.69 Å². The average molecular weight is 551 g/mol. The Kier molecular flexibility index (Phi) is 9.10. The SMILES string of the molecule is CCOc1cc(/C=C2\SC(=O)N(CC(=O)Nc3ccc(CC)cc3)C2=O)cc(Cl)c1OCc1ccccc1. The van der Waals surface area contributed by atoms with Crippen LogP contribution in [0.4, 0.5) is 10.5 Å². The number of benzene rings is 3. The molecular weight excluding hydrogens is 524 g/mol. The number of carbonyl (C=O) groups excluding carboxylic acids is 3. The maximum absolute atomic E-state index is 13.0. The van der Waals surface area contributed by atoms with Crippen molar-refractivity contribution in [3.8, 4) is 11.5 Å². The van der Waals surface area contributed by atoms with Crippen LogP contribution in [0.2, 0.25) is 5.02 Å². The van der Waals surface area contributed by atoms with Gasteiger partial charge in [-0.05, 0) is 72.1 Å². The Balaban J connectivity index is 1.47. The third-order valence-electron chi connectivity index (χ3n) is 5.68. The molecule has 9 heteroatoms. The zero-order valence-corrected chi connectivity index (χ0v) is 22.6. The fraction of sp³-hybridized carbons (Fsp3) is 0.207. The molecule has 1 N–H and O–H groups in total. The molecule has 3 amide bonds. The van der Waals surface area contributed by atoms with Gasteiger partial charge in [0.2, 0.25) is 5.91 Å². The van der Waals surface area contributed by atoms with Gasteiger partial charge in [-0.2, -0.15) is 0 Å². The van der Waals surface area contributed by atoms with Gasteiger partial charge in [-0.1, -0.05) is 61.0 Å². The van der Waals surface area contributed by atoms with Crippen LogP contribution < -0.4 is 14.8 Å². The van der Waals surface area contributed by atoms with Gasteiger partial charge in [0.15, 0.2) is 11.5 Å². The molecule has 0 aromatic heterocycles. The molecule has 3 aromatic rings. The molecule has 1 saturated heterocycles. The molecule has 1 aliphatic rings. The van der Waals surface area contributed by atoms with E-state index in [2.05, 4.69) is 5.32 Å². The molecule has 196 valence electrons. The summed E-state index contributed by atoms with van der Waals surface area (Å²) in [5.41, 5.74) is 3.28. The van der Waals surface area contributed by atoms with Crippen LogP contribution in [-0.2, 0) is 22.6 Å². The molecule has 0 atom stereocenters. The fourth-order valence-electron chi connectivity index (χ4n) is 3.76. The molecule has 1 aliphatic heterocycles. The number of thioether (sulfide) groups is 1. The molecule has 4 rings (SSSR count). The van der Waals surface area contributed by atoms with Gasteiger partial charge in [-0.15, -0.1) is 0 Å². The van der Waals surface area contributed by atoms with E-state index in [0.29, 0.717) is 41.0 Å². The van der Waals surface area contributed by atoms with Crippen LogP contribution in [0.3, 0.4) is 0 Å². The summed E-state index contributed by atoms with van der Waals surface area (Å²) in [4.78, 5) is 39.1. The van der Waals surface area contributed by atoms with E-state index >= 15 is 0 Å². The third kappa shape index (κ3) is 6.76. The van der Waals surface area contributed by atoms with Crippen LogP contribution in [0.15, 0.2) is 71.6 Å². The second kappa shape index (κ2) is 12.7. The number of nitrogens with one attached hydrogen (secondary N) is 1. The van der Waals surface area contributed by atoms with Gasteiger partial charge in [0.05, 0.1) is 16.5 Å². The van der Waals surface area contributed by atoms with E-state index in [1.54, 1.807) is 30.3 Å². The number of imide groups is 1. The number of ether oxygens (including phenoxy) is 2. The van der Waals surface area contributed by atoms with Crippen LogP contribution >= 0.6 is 23.4 Å². The summed E-state index contributed by atoms with van der Waals surface area (Å²) >= 11 is 7.29. The molecule has 38 heavy (non-hydrogen) atoms. The Hall–Kier alpha value is -3.75. The monoisotopic (exact) mass is 550 g/mol. The highest BCUT2D eigenvalue weighted by atomic mass is 35.5. The normalized spacial score (nSPS) is 14.2. The predicted molar refractivity (Wildman–Crippen MR) is 151 cm³/mol. The van der Waals surface area contributed by atoms with Gasteiger partial charge >= 0.3 is 0 Å². The summed E-state index contributed by atoms with van der Waals surface area (Å²) in [5, 5.41) is 2.52. The summed E-state index contributed by atoms with van der Waals surface area (Å²) < 4.78 is 11.7. The average Bonchev–Trinajstić information content (AvgIpc) is 3.16. The minimum absolute atomic E-state index is 0.187. The summed E-state index contributed by atoms with van der Waals surface area (Å²) in [7, 11) is 0. The lowest BCUT2D eigenvalue weighted by atomic mass is 10.1. The molecule has 1 fully saturated rings. The Morgan fingerprint density at radius 3 is 2.42 bits per heavy atom. The van der Waals surface area contributed by atoms with Crippen molar-refractivity contribution in [1.82, 2.24) is 4.90 Å². The zero-order chi connectivity index (χ0) is 27.1. The Labute approximate surface area is 230 Å². The first-order valence-corrected chi connectivity index (χ1v) is 13.3. The first-order chi connectivity index (χ1) is 18.4. The number of nitrogens with zero attached hydrogens (tertiary/aromatic N) is 1. The second-order valence-corrected chi connectivity index (χ2v) is 9.80. The van der Waals surface area contributed by atoms with E-state index in [-0.39, 0.29) is 11.4 Å². The number of anilines is 1. The van der Waals surface area contributed by atoms with Gasteiger partial charge in [0.1, 0.15) is 13.2 Å². The number of carbonyl (C=O) groups is 3. The third-order valence-corrected chi connectivity index (χ3v) is 6.86. The lowest BCUT2D eigenvalue weighted by Gasteiger charge is -2.15. The van der Waals surface area contributed by atoms with Crippen LogP contribution in [0.1, 0.15) is 30.5 Å². The molecule has 0 aliphatic carbocycles. The molecule has 0 bridgehead atoms. The van der Waals surface area contributed by atoms with Crippen LogP contribution in [0, 0.1) is 0 Å². The number of hydrogen-bond acceptors (Lipinski definition) is 6. The maximum atomic E-state index is 13.0. The molecule has 0 unspecified atom stereocenters. The van der Waals surface area contributed by atoms with E-state index in [1.165, 1.54) is 0 Å². The molecule has 3 aromatic carbocycles. The van der Waals surface area contributed by atoms with E-state index in [0.717, 1.165) is 34.2 Å². The molecule has 0 radical (unpaired) electrons. The van der Waals surface area contributed by atoms with Gasteiger partial charge in [0.25, 0.3) is 11.1 Å². The van der Waals surface area contributed by atoms with Crippen molar-refractivity contribution in [2.24, 2.45) is 0 Å². The molecule has 0 spiro atoms. The van der Waals surface area contributed by atoms with Crippen molar-refractivity contribution in [3.63, 3.8) is 0 Å². The number of rotatable bonds is 10. The summed E-state index contributed by atoms with van der Waals surface area (Å²) in [6, 6.07) is 20.4. The Morgan fingerprint density at radius 2 is 1.74 bits per heavy atom. The van der Waals surface area contributed by atoms with Crippen LogP contribution in [-0.4, -0.2) is 35.1 Å². The fourth-order valence-corrected chi connectivity index (χ4v) is 4.87. The lowest BCUT2D eigenvalue weighted by molar-refractivity contribution is -0.127. The van der Waals surface area contributed by atoms with Crippen LogP contribution in [0.5, 0.6) is 11.5 Å². The van der Waals surface area contributed by atoms with E-state index < -0.39 is 17.1 Å². The molecule has 0 saturated carbocycles. The summed E-state index contributed by atoms with van der Waals surface area (Å²) in [6.07, 6.45) is 2.44. The first-order valence-electron chi connectivity index (χ1n) is 12.1. The Bertz CT molecular complexity index is 1360. The van der Waals surface area contributed by atoms with Crippen molar-refractivity contribution < 1.29 is 23.9 Å². The summed E-state index contributed by atoms with van der Waals surface area (Å²) in [5.74, 6) is -0.185. The number of halogens is 1. The van der Waals surface area contributed by atoms with E-state index in [9.17, 15) is 14.4 Å². The zero-order valence-electron chi connectivity index (χ0n) is 21.0. The van der Waals surface area contributed by atoms with Crippen molar-refractivity contribution in [2.75, 3.05) is 18.5 Å². The first kappa shape index (κ1) is 27.3. The predicted octanol–water partition coefficient (Wildman–Crippen LogP) is 6.56. The Morgan fingerprint density at radius 1 is 1.00 bits per heavy atom. The maximum Gasteiger partial charge on any atom is 0.294 e. The standard InChI is InChI=1S/C29H27ClN2O5S/c1-3-19-10-12-22(13-11-19)31-26(33)17-32-28(34)25(38-29(32)35)16-21-14-23(30)27(24(15-21)36-4-2)37-18-20-8-6-5-7-9-20/h5-16H,3-4,17-18H2,1-2H3,(H,31,33)/b25-16-. The van der Waals surface area contributed by atoms with Gasteiger partial charge in [-0.25, -0.2) is 0 Å². The van der Waals surface area contributed by atoms with Gasteiger partial charge in [-0.3, -0.25) is 19.3 Å². The number of amides is 3. The van der Waals surface area contributed by atoms with Crippen LogP contribution in [0.25, 0.3) is 6.08 Å². The smallest absolute Gasteiger partial charge is 0.294 e. The highest BCUT2D eigenvalue weighted by Gasteiger charge is 2.36. The second-order valence-electron chi connectivity index (χ2n) is 8.40. The highest BCUT2D eigenvalue weighted by Crippen LogP contribution is 2.39. The number of aryl methyl sites for hydroxylation is 1. The molecule has 1 heterocycles. The van der Waals surface area contributed by atoms with Crippen molar-refractivity contribution in [1.29, 1.82) is 0 Å².